The number of benzene rings is 2. The van der Waals surface area contributed by atoms with Gasteiger partial charge in [-0.1, -0.05) is 53.0 Å². The summed E-state index contributed by atoms with van der Waals surface area (Å²) in [5, 5.41) is 0.675. The molecular weight excluding hydrogens is 471 g/mol. The average molecular weight is 496 g/mol. The van der Waals surface area contributed by atoms with Crippen LogP contribution in [0.1, 0.15) is 49.1 Å². The average Bonchev–Trinajstić information content (AvgIpc) is 3.18. The van der Waals surface area contributed by atoms with Crippen molar-refractivity contribution < 1.29 is 18.3 Å². The maximum Gasteiger partial charge on any atom is 0.306 e. The van der Waals surface area contributed by atoms with Crippen LogP contribution >= 0.6 is 23.2 Å². The molecule has 0 amide bonds. The minimum Gasteiger partial charge on any atom is -0.466 e. The van der Waals surface area contributed by atoms with Crippen LogP contribution in [-0.2, 0) is 9.53 Å². The zero-order valence-corrected chi connectivity index (χ0v) is 19.9. The fourth-order valence-corrected chi connectivity index (χ4v) is 4.90. The number of hydrogen-bond acceptors (Lipinski definition) is 4. The monoisotopic (exact) mass is 495 g/mol. The molecule has 1 atom stereocenters. The van der Waals surface area contributed by atoms with Gasteiger partial charge in [0.15, 0.2) is 0 Å². The molecule has 176 valence electrons. The van der Waals surface area contributed by atoms with Crippen LogP contribution in [0.25, 0.3) is 11.0 Å². The lowest BCUT2D eigenvalue weighted by Crippen LogP contribution is -2.39. The van der Waals surface area contributed by atoms with E-state index >= 15 is 0 Å². The van der Waals surface area contributed by atoms with E-state index in [2.05, 4.69) is 4.98 Å². The molecule has 0 saturated carbocycles. The summed E-state index contributed by atoms with van der Waals surface area (Å²) >= 11 is 13.2. The zero-order chi connectivity index (χ0) is 23.8. The Morgan fingerprint density at radius 2 is 1.91 bits per heavy atom. The van der Waals surface area contributed by atoms with Crippen LogP contribution < -0.4 is 4.90 Å². The topological polar surface area (TPSA) is 58.2 Å². The number of ether oxygens (including phenoxy) is 1. The van der Waals surface area contributed by atoms with Gasteiger partial charge in [-0.15, -0.1) is 0 Å². The quantitative estimate of drug-likeness (QED) is 0.396. The van der Waals surface area contributed by atoms with E-state index in [1.807, 2.05) is 31.2 Å². The van der Waals surface area contributed by atoms with Crippen LogP contribution in [0.3, 0.4) is 0 Å². The molecule has 2 aromatic carbocycles. The molecule has 1 fully saturated rings. The number of halogens is 4. The molecule has 9 heteroatoms. The number of H-pyrrole nitrogens is 1. The summed E-state index contributed by atoms with van der Waals surface area (Å²) in [5.41, 5.74) is 3.63. The van der Waals surface area contributed by atoms with E-state index in [-0.39, 0.29) is 44.2 Å². The van der Waals surface area contributed by atoms with Crippen molar-refractivity contribution in [1.82, 2.24) is 9.97 Å². The van der Waals surface area contributed by atoms with E-state index in [4.69, 9.17) is 32.9 Å². The van der Waals surface area contributed by atoms with Gasteiger partial charge in [-0.2, -0.15) is 0 Å². The first-order chi connectivity index (χ1) is 15.7. The van der Waals surface area contributed by atoms with Crippen molar-refractivity contribution in [2.75, 3.05) is 24.6 Å². The Bertz CT molecular complexity index is 1150. The Morgan fingerprint density at radius 1 is 1.24 bits per heavy atom. The van der Waals surface area contributed by atoms with Crippen LogP contribution in [0.4, 0.5) is 14.5 Å². The lowest BCUT2D eigenvalue weighted by molar-refractivity contribution is -0.143. The van der Waals surface area contributed by atoms with Crippen LogP contribution in [0.5, 0.6) is 0 Å². The number of rotatable bonds is 6. The van der Waals surface area contributed by atoms with E-state index in [0.29, 0.717) is 39.2 Å². The smallest absolute Gasteiger partial charge is 0.306 e. The number of fused-ring (bicyclic) bond motifs is 1. The maximum absolute atomic E-state index is 13.6. The molecule has 1 unspecified atom stereocenters. The molecule has 1 saturated heterocycles. The van der Waals surface area contributed by atoms with E-state index in [1.165, 1.54) is 0 Å². The standard InChI is InChI=1S/C24H25Cl2F2N3O2/c1-3-33-19(32)12-16(15-6-4-14(2)5-7-15)23-29-18-13-17(25)22(20(26)21(18)30-23)31-10-8-24(27,28)9-11-31/h4-7,13,16H,3,8-12H2,1-2H3,(H,29,30). The molecule has 0 spiro atoms. The van der Waals surface area contributed by atoms with E-state index in [9.17, 15) is 13.6 Å². The van der Waals surface area contributed by atoms with Crippen molar-refractivity contribution >= 4 is 45.9 Å². The first-order valence-corrected chi connectivity index (χ1v) is 11.7. The summed E-state index contributed by atoms with van der Waals surface area (Å²) < 4.78 is 32.5. The molecule has 5 nitrogen and oxygen atoms in total. The number of imidazole rings is 1. The summed E-state index contributed by atoms with van der Waals surface area (Å²) in [6, 6.07) is 9.58. The molecule has 1 aliphatic heterocycles. The van der Waals surface area contributed by atoms with Crippen LogP contribution in [0, 0.1) is 6.92 Å². The summed E-state index contributed by atoms with van der Waals surface area (Å²) in [6.45, 7) is 4.36. The minimum absolute atomic E-state index is 0.107. The van der Waals surface area contributed by atoms with Gasteiger partial charge in [0.25, 0.3) is 5.92 Å². The number of aryl methyl sites for hydroxylation is 1. The van der Waals surface area contributed by atoms with E-state index in [0.717, 1.165) is 11.1 Å². The van der Waals surface area contributed by atoms with Gasteiger partial charge in [0.2, 0.25) is 0 Å². The summed E-state index contributed by atoms with van der Waals surface area (Å²) in [5.74, 6) is -2.82. The Hall–Kier alpha value is -2.38. The summed E-state index contributed by atoms with van der Waals surface area (Å²) in [6.07, 6.45) is -0.396. The highest BCUT2D eigenvalue weighted by Gasteiger charge is 2.35. The highest BCUT2D eigenvalue weighted by atomic mass is 35.5. The van der Waals surface area contributed by atoms with Gasteiger partial charge in [-0.05, 0) is 25.5 Å². The van der Waals surface area contributed by atoms with Gasteiger partial charge < -0.3 is 14.6 Å². The summed E-state index contributed by atoms with van der Waals surface area (Å²) in [7, 11) is 0. The largest absolute Gasteiger partial charge is 0.466 e. The van der Waals surface area contributed by atoms with Crippen molar-refractivity contribution in [3.05, 3.63) is 57.3 Å². The molecule has 1 aliphatic rings. The molecule has 1 aromatic heterocycles. The number of hydrogen-bond donors (Lipinski definition) is 1. The predicted molar refractivity (Wildman–Crippen MR) is 127 cm³/mol. The molecule has 0 bridgehead atoms. The number of alkyl halides is 2. The Labute approximate surface area is 201 Å². The first-order valence-electron chi connectivity index (χ1n) is 10.9. The Morgan fingerprint density at radius 3 is 2.55 bits per heavy atom. The van der Waals surface area contributed by atoms with Gasteiger partial charge in [0, 0.05) is 25.9 Å². The second kappa shape index (κ2) is 9.47. The molecule has 2 heterocycles. The fourth-order valence-electron chi connectivity index (χ4n) is 4.16. The Kier molecular flexibility index (Phi) is 6.82. The summed E-state index contributed by atoms with van der Waals surface area (Å²) in [4.78, 5) is 22.1. The number of nitrogens with one attached hydrogen (secondary N) is 1. The number of carbonyl (C=O) groups is 1. The highest BCUT2D eigenvalue weighted by molar-refractivity contribution is 6.42. The fraction of sp³-hybridized carbons (Fsp3) is 0.417. The van der Waals surface area contributed by atoms with Crippen LogP contribution in [-0.4, -0.2) is 41.6 Å². The SMILES string of the molecule is CCOC(=O)CC(c1ccc(C)cc1)c1nc2c(Cl)c(N3CCC(F)(F)CC3)c(Cl)cc2[nH]1. The molecule has 4 rings (SSSR count). The second-order valence-corrected chi connectivity index (χ2v) is 9.14. The van der Waals surface area contributed by atoms with Crippen molar-refractivity contribution in [3.8, 4) is 0 Å². The number of carbonyl (C=O) groups excluding carboxylic acids is 1. The predicted octanol–water partition coefficient (Wildman–Crippen LogP) is 6.50. The van der Waals surface area contributed by atoms with Gasteiger partial charge in [0.05, 0.1) is 40.2 Å². The number of piperidine rings is 1. The molecular formula is C24H25Cl2F2N3O2. The first kappa shape index (κ1) is 23.8. The van der Waals surface area contributed by atoms with E-state index < -0.39 is 5.92 Å². The molecule has 3 aromatic rings. The van der Waals surface area contributed by atoms with Crippen molar-refractivity contribution in [1.29, 1.82) is 0 Å². The van der Waals surface area contributed by atoms with Gasteiger partial charge in [0.1, 0.15) is 11.3 Å². The number of nitrogens with zero attached hydrogens (tertiary/aromatic N) is 2. The highest BCUT2D eigenvalue weighted by Crippen LogP contribution is 2.42. The second-order valence-electron chi connectivity index (χ2n) is 8.35. The zero-order valence-electron chi connectivity index (χ0n) is 18.4. The lowest BCUT2D eigenvalue weighted by Gasteiger charge is -2.34. The molecule has 1 N–H and O–H groups in total. The van der Waals surface area contributed by atoms with Crippen molar-refractivity contribution in [2.45, 2.75) is 45.0 Å². The van der Waals surface area contributed by atoms with Gasteiger partial charge >= 0.3 is 5.97 Å². The third-order valence-corrected chi connectivity index (χ3v) is 6.61. The lowest BCUT2D eigenvalue weighted by atomic mass is 9.94. The van der Waals surface area contributed by atoms with Crippen LogP contribution in [0.2, 0.25) is 10.0 Å². The number of aromatic nitrogens is 2. The minimum atomic E-state index is -2.67. The molecule has 33 heavy (non-hydrogen) atoms. The third kappa shape index (κ3) is 5.09. The molecule has 0 radical (unpaired) electrons. The van der Waals surface area contributed by atoms with Crippen molar-refractivity contribution in [2.24, 2.45) is 0 Å². The maximum atomic E-state index is 13.6. The van der Waals surface area contributed by atoms with Gasteiger partial charge in [-0.3, -0.25) is 4.79 Å². The number of aromatic amines is 1. The number of esters is 1. The van der Waals surface area contributed by atoms with Crippen LogP contribution in [0.15, 0.2) is 30.3 Å². The normalized spacial score (nSPS) is 16.7. The third-order valence-electron chi connectivity index (χ3n) is 5.96. The molecule has 0 aliphatic carbocycles. The number of anilines is 1. The van der Waals surface area contributed by atoms with E-state index in [1.54, 1.807) is 17.9 Å². The Balaban J connectivity index is 1.73. The van der Waals surface area contributed by atoms with Crippen molar-refractivity contribution in [3.63, 3.8) is 0 Å². The van der Waals surface area contributed by atoms with Gasteiger partial charge in [-0.25, -0.2) is 13.8 Å².